The fourth-order valence-corrected chi connectivity index (χ4v) is 2.54. The van der Waals surface area contributed by atoms with Crippen molar-refractivity contribution in [2.45, 2.75) is 4.90 Å². The van der Waals surface area contributed by atoms with Crippen molar-refractivity contribution < 1.29 is 22.7 Å². The molecule has 0 aliphatic heterocycles. The molecule has 0 atom stereocenters. The minimum Gasteiger partial charge on any atom is -0.490 e. The molecule has 0 saturated heterocycles. The van der Waals surface area contributed by atoms with Crippen LogP contribution in [0.2, 0.25) is 10.0 Å². The maximum Gasteiger partial charge on any atom is 0.338 e. The second-order valence-corrected chi connectivity index (χ2v) is 7.01. The van der Waals surface area contributed by atoms with Crippen molar-refractivity contribution >= 4 is 39.2 Å². The molecule has 6 nitrogen and oxygen atoms in total. The van der Waals surface area contributed by atoms with Crippen molar-refractivity contribution in [2.75, 3.05) is 13.2 Å². The van der Waals surface area contributed by atoms with E-state index in [-0.39, 0.29) is 28.7 Å². The first kappa shape index (κ1) is 18.5. The number of carbonyl (C=O) groups is 1. The van der Waals surface area contributed by atoms with E-state index in [1.165, 1.54) is 42.5 Å². The highest BCUT2D eigenvalue weighted by atomic mass is 35.5. The molecule has 0 heterocycles. The summed E-state index contributed by atoms with van der Waals surface area (Å²) >= 11 is 11.6. The smallest absolute Gasteiger partial charge is 0.338 e. The Morgan fingerprint density at radius 2 is 1.67 bits per heavy atom. The van der Waals surface area contributed by atoms with E-state index in [4.69, 9.17) is 37.8 Å². The Kier molecular flexibility index (Phi) is 6.06. The predicted molar refractivity (Wildman–Crippen MR) is 90.1 cm³/mol. The third kappa shape index (κ3) is 5.10. The predicted octanol–water partition coefficient (Wildman–Crippen LogP) is 2.88. The number of rotatable bonds is 6. The van der Waals surface area contributed by atoms with Gasteiger partial charge in [0.2, 0.25) is 10.0 Å². The lowest BCUT2D eigenvalue weighted by Gasteiger charge is -2.08. The van der Waals surface area contributed by atoms with Crippen molar-refractivity contribution in [1.82, 2.24) is 0 Å². The Hall–Kier alpha value is -1.80. The van der Waals surface area contributed by atoms with Gasteiger partial charge in [-0.2, -0.15) is 0 Å². The van der Waals surface area contributed by atoms with Gasteiger partial charge in [-0.05, 0) is 42.5 Å². The maximum absolute atomic E-state index is 11.8. The SMILES string of the molecule is NS(=O)(=O)c1ccc(OCCOC(=O)c2ccc(Cl)c(Cl)c2)cc1. The molecule has 0 saturated carbocycles. The zero-order valence-electron chi connectivity index (χ0n) is 12.2. The summed E-state index contributed by atoms with van der Waals surface area (Å²) in [6.07, 6.45) is 0. The number of sulfonamides is 1. The van der Waals surface area contributed by atoms with E-state index in [1.807, 2.05) is 0 Å². The van der Waals surface area contributed by atoms with Gasteiger partial charge >= 0.3 is 5.97 Å². The third-order valence-electron chi connectivity index (χ3n) is 2.89. The number of esters is 1. The molecule has 0 aliphatic carbocycles. The summed E-state index contributed by atoms with van der Waals surface area (Å²) in [5.41, 5.74) is 0.280. The van der Waals surface area contributed by atoms with E-state index < -0.39 is 16.0 Å². The zero-order valence-corrected chi connectivity index (χ0v) is 14.6. The molecule has 2 aromatic carbocycles. The topological polar surface area (TPSA) is 95.7 Å². The van der Waals surface area contributed by atoms with Crippen LogP contribution in [0.1, 0.15) is 10.4 Å². The van der Waals surface area contributed by atoms with Crippen LogP contribution < -0.4 is 9.88 Å². The first-order chi connectivity index (χ1) is 11.3. The molecule has 0 aromatic heterocycles. The van der Waals surface area contributed by atoms with Gasteiger partial charge in [-0.1, -0.05) is 23.2 Å². The van der Waals surface area contributed by atoms with Gasteiger partial charge in [0.15, 0.2) is 0 Å². The lowest BCUT2D eigenvalue weighted by molar-refractivity contribution is 0.0450. The van der Waals surface area contributed by atoms with Gasteiger partial charge in [0.1, 0.15) is 19.0 Å². The summed E-state index contributed by atoms with van der Waals surface area (Å²) in [5.74, 6) is -0.130. The number of primary sulfonamides is 1. The Balaban J connectivity index is 1.82. The Morgan fingerprint density at radius 3 is 2.25 bits per heavy atom. The normalized spacial score (nSPS) is 11.1. The van der Waals surface area contributed by atoms with E-state index in [1.54, 1.807) is 0 Å². The molecule has 0 aliphatic rings. The van der Waals surface area contributed by atoms with Crippen molar-refractivity contribution in [3.63, 3.8) is 0 Å². The zero-order chi connectivity index (χ0) is 17.7. The molecule has 0 spiro atoms. The molecule has 24 heavy (non-hydrogen) atoms. The molecule has 2 aromatic rings. The molecule has 128 valence electrons. The first-order valence-corrected chi connectivity index (χ1v) is 8.95. The van der Waals surface area contributed by atoms with Gasteiger partial charge in [-0.3, -0.25) is 0 Å². The minimum absolute atomic E-state index is 0.00994. The summed E-state index contributed by atoms with van der Waals surface area (Å²) in [4.78, 5) is 11.8. The lowest BCUT2D eigenvalue weighted by Crippen LogP contribution is -2.13. The highest BCUT2D eigenvalue weighted by Crippen LogP contribution is 2.23. The van der Waals surface area contributed by atoms with Gasteiger partial charge in [0.05, 0.1) is 20.5 Å². The molecular weight excluding hydrogens is 377 g/mol. The van der Waals surface area contributed by atoms with Crippen molar-refractivity contribution in [1.29, 1.82) is 0 Å². The number of nitrogens with two attached hydrogens (primary N) is 1. The monoisotopic (exact) mass is 389 g/mol. The fraction of sp³-hybridized carbons (Fsp3) is 0.133. The molecule has 0 radical (unpaired) electrons. The van der Waals surface area contributed by atoms with Crippen LogP contribution in [0.4, 0.5) is 0 Å². The summed E-state index contributed by atoms with van der Waals surface area (Å²) in [5, 5.41) is 5.60. The highest BCUT2D eigenvalue weighted by Gasteiger charge is 2.10. The molecule has 9 heteroatoms. The van der Waals surface area contributed by atoms with Crippen LogP contribution in [-0.2, 0) is 14.8 Å². The number of halogens is 2. The largest absolute Gasteiger partial charge is 0.490 e. The van der Waals surface area contributed by atoms with Crippen LogP contribution in [0.15, 0.2) is 47.4 Å². The average molecular weight is 390 g/mol. The second kappa shape index (κ2) is 7.85. The Morgan fingerprint density at radius 1 is 1.00 bits per heavy atom. The fourth-order valence-electron chi connectivity index (χ4n) is 1.73. The van der Waals surface area contributed by atoms with E-state index in [0.29, 0.717) is 10.8 Å². The van der Waals surface area contributed by atoms with E-state index in [9.17, 15) is 13.2 Å². The van der Waals surface area contributed by atoms with Gasteiger partial charge in [0, 0.05) is 0 Å². The van der Waals surface area contributed by atoms with Gasteiger partial charge in [-0.15, -0.1) is 0 Å². The highest BCUT2D eigenvalue weighted by molar-refractivity contribution is 7.89. The van der Waals surface area contributed by atoms with Crippen molar-refractivity contribution in [3.05, 3.63) is 58.1 Å². The molecule has 0 bridgehead atoms. The molecule has 2 rings (SSSR count). The Bertz CT molecular complexity index is 837. The van der Waals surface area contributed by atoms with Crippen LogP contribution >= 0.6 is 23.2 Å². The van der Waals surface area contributed by atoms with Gasteiger partial charge in [-0.25, -0.2) is 18.4 Å². The third-order valence-corrected chi connectivity index (χ3v) is 4.56. The maximum atomic E-state index is 11.8. The van der Waals surface area contributed by atoms with E-state index in [2.05, 4.69) is 0 Å². The lowest BCUT2D eigenvalue weighted by atomic mass is 10.2. The number of carbonyl (C=O) groups excluding carboxylic acids is 1. The number of benzene rings is 2. The molecule has 0 fully saturated rings. The van der Waals surface area contributed by atoms with E-state index >= 15 is 0 Å². The van der Waals surface area contributed by atoms with Crippen LogP contribution in [0, 0.1) is 0 Å². The minimum atomic E-state index is -3.74. The summed E-state index contributed by atoms with van der Waals surface area (Å²) < 4.78 is 32.6. The standard InChI is InChI=1S/C15H13Cl2NO5S/c16-13-6-1-10(9-14(13)17)15(19)23-8-7-22-11-2-4-12(5-3-11)24(18,20)21/h1-6,9H,7-8H2,(H2,18,20,21). The Labute approximate surface area is 149 Å². The van der Waals surface area contributed by atoms with Crippen molar-refractivity contribution in [2.24, 2.45) is 5.14 Å². The van der Waals surface area contributed by atoms with Crippen LogP contribution in [0.25, 0.3) is 0 Å². The second-order valence-electron chi connectivity index (χ2n) is 4.63. The first-order valence-electron chi connectivity index (χ1n) is 6.65. The number of ether oxygens (including phenoxy) is 2. The summed E-state index contributed by atoms with van der Waals surface area (Å²) in [6.45, 7) is 0.109. The summed E-state index contributed by atoms with van der Waals surface area (Å²) in [6, 6.07) is 9.99. The summed E-state index contributed by atoms with van der Waals surface area (Å²) in [7, 11) is -3.74. The number of hydrogen-bond donors (Lipinski definition) is 1. The van der Waals surface area contributed by atoms with Gasteiger partial charge < -0.3 is 9.47 Å². The van der Waals surface area contributed by atoms with E-state index in [0.717, 1.165) is 0 Å². The molecule has 0 amide bonds. The molecule has 0 unspecified atom stereocenters. The van der Waals surface area contributed by atoms with Crippen LogP contribution in [0.3, 0.4) is 0 Å². The average Bonchev–Trinajstić information content (AvgIpc) is 2.53. The van der Waals surface area contributed by atoms with Gasteiger partial charge in [0.25, 0.3) is 0 Å². The molecule has 2 N–H and O–H groups in total. The quantitative estimate of drug-likeness (QED) is 0.605. The molecular formula is C15H13Cl2NO5S. The van der Waals surface area contributed by atoms with Crippen LogP contribution in [0.5, 0.6) is 5.75 Å². The number of hydrogen-bond acceptors (Lipinski definition) is 5. The van der Waals surface area contributed by atoms with Crippen molar-refractivity contribution in [3.8, 4) is 5.75 Å². The van der Waals surface area contributed by atoms with Crippen LogP contribution in [-0.4, -0.2) is 27.6 Å².